The second kappa shape index (κ2) is 2.41. The largest absolute Gasteiger partial charge is 0.507 e. The molecular weight excluding hydrogens is 152 g/mol. The van der Waals surface area contributed by atoms with Crippen LogP contribution in [-0.2, 0) is 0 Å². The first-order chi connectivity index (χ1) is 5.79. The molecule has 0 aliphatic heterocycles. The van der Waals surface area contributed by atoms with E-state index in [0.717, 1.165) is 5.39 Å². The van der Waals surface area contributed by atoms with E-state index in [1.165, 1.54) is 0 Å². The minimum atomic E-state index is 0.116. The van der Waals surface area contributed by atoms with E-state index in [1.807, 2.05) is 12.1 Å². The van der Waals surface area contributed by atoms with Crippen LogP contribution in [0.5, 0.6) is 11.5 Å². The third-order valence-corrected chi connectivity index (χ3v) is 1.86. The van der Waals surface area contributed by atoms with Crippen LogP contribution in [-0.4, -0.2) is 10.2 Å². The molecule has 2 nitrogen and oxygen atoms in total. The number of rotatable bonds is 0. The van der Waals surface area contributed by atoms with Gasteiger partial charge >= 0.3 is 0 Å². The molecule has 0 spiro atoms. The van der Waals surface area contributed by atoms with Gasteiger partial charge in [0.05, 0.1) is 5.39 Å². The summed E-state index contributed by atoms with van der Waals surface area (Å²) in [7, 11) is 0. The molecule has 0 fully saturated rings. The summed E-state index contributed by atoms with van der Waals surface area (Å²) >= 11 is 0. The van der Waals surface area contributed by atoms with Gasteiger partial charge in [-0.2, -0.15) is 0 Å². The van der Waals surface area contributed by atoms with Gasteiger partial charge in [0.2, 0.25) is 0 Å². The van der Waals surface area contributed by atoms with E-state index in [0.29, 0.717) is 5.39 Å². The number of benzene rings is 2. The Bertz CT molecular complexity index is 384. The molecule has 2 heteroatoms. The Labute approximate surface area is 69.7 Å². The predicted molar refractivity (Wildman–Crippen MR) is 47.3 cm³/mol. The molecule has 2 aromatic rings. The van der Waals surface area contributed by atoms with E-state index in [4.69, 9.17) is 0 Å². The maximum atomic E-state index is 9.39. The van der Waals surface area contributed by atoms with Crippen LogP contribution in [0.4, 0.5) is 0 Å². The van der Waals surface area contributed by atoms with E-state index in [1.54, 1.807) is 24.3 Å². The van der Waals surface area contributed by atoms with Gasteiger partial charge in [-0.05, 0) is 17.5 Å². The van der Waals surface area contributed by atoms with Gasteiger partial charge in [-0.3, -0.25) is 0 Å². The number of phenols is 2. The molecule has 0 bridgehead atoms. The van der Waals surface area contributed by atoms with Crippen molar-refractivity contribution >= 4 is 10.8 Å². The number of phenolic OH excluding ortho intramolecular Hbond substituents is 2. The van der Waals surface area contributed by atoms with E-state index >= 15 is 0 Å². The Balaban J connectivity index is 2.96. The lowest BCUT2D eigenvalue weighted by atomic mass is 10.1. The lowest BCUT2D eigenvalue weighted by molar-refractivity contribution is 0.464. The molecule has 12 heavy (non-hydrogen) atoms. The topological polar surface area (TPSA) is 40.5 Å². The highest BCUT2D eigenvalue weighted by molar-refractivity contribution is 5.93. The van der Waals surface area contributed by atoms with Crippen molar-refractivity contribution in [3.05, 3.63) is 36.4 Å². The predicted octanol–water partition coefficient (Wildman–Crippen LogP) is 2.25. The Hall–Kier alpha value is -1.70. The summed E-state index contributed by atoms with van der Waals surface area (Å²) in [5.41, 5.74) is 0. The Morgan fingerprint density at radius 2 is 1.25 bits per heavy atom. The zero-order chi connectivity index (χ0) is 8.55. The maximum Gasteiger partial charge on any atom is 0.127 e. The molecule has 0 atom stereocenters. The van der Waals surface area contributed by atoms with Crippen molar-refractivity contribution in [2.24, 2.45) is 0 Å². The SMILES string of the molecule is Oc1cccc2cccc(O)c12. The number of hydrogen-bond acceptors (Lipinski definition) is 2. The summed E-state index contributed by atoms with van der Waals surface area (Å²) in [5, 5.41) is 20.1. The lowest BCUT2D eigenvalue weighted by Crippen LogP contribution is -1.73. The Morgan fingerprint density at radius 1 is 0.750 bits per heavy atom. The third-order valence-electron chi connectivity index (χ3n) is 1.86. The highest BCUT2D eigenvalue weighted by Gasteiger charge is 2.02. The molecule has 0 saturated heterocycles. The fourth-order valence-corrected chi connectivity index (χ4v) is 1.30. The van der Waals surface area contributed by atoms with Crippen molar-refractivity contribution in [3.63, 3.8) is 0 Å². The molecule has 2 N–H and O–H groups in total. The minimum absolute atomic E-state index is 0.116. The molecule has 0 aliphatic rings. The highest BCUT2D eigenvalue weighted by Crippen LogP contribution is 2.31. The summed E-state index contributed by atoms with van der Waals surface area (Å²) < 4.78 is 0. The fraction of sp³-hybridized carbons (Fsp3) is 0. The van der Waals surface area contributed by atoms with Gasteiger partial charge in [0.15, 0.2) is 0 Å². The third kappa shape index (κ3) is 0.889. The standard InChI is InChI=1S/C10H8O2/c11-8-5-1-3-7-4-2-6-9(12)10(7)8/h1-6,11-12H. The summed E-state index contributed by atoms with van der Waals surface area (Å²) in [5.74, 6) is 0.233. The van der Waals surface area contributed by atoms with Gasteiger partial charge in [-0.15, -0.1) is 0 Å². The average molecular weight is 160 g/mol. The van der Waals surface area contributed by atoms with Crippen molar-refractivity contribution in [3.8, 4) is 11.5 Å². The van der Waals surface area contributed by atoms with Crippen molar-refractivity contribution in [2.45, 2.75) is 0 Å². The summed E-state index contributed by atoms with van der Waals surface area (Å²) in [6.07, 6.45) is 0. The van der Waals surface area contributed by atoms with Crippen molar-refractivity contribution < 1.29 is 10.2 Å². The Kier molecular flexibility index (Phi) is 1.40. The van der Waals surface area contributed by atoms with Crippen molar-refractivity contribution in [2.75, 3.05) is 0 Å². The smallest absolute Gasteiger partial charge is 0.127 e. The zero-order valence-electron chi connectivity index (χ0n) is 6.36. The molecule has 2 rings (SSSR count). The lowest BCUT2D eigenvalue weighted by Gasteiger charge is -2.01. The zero-order valence-corrected chi connectivity index (χ0v) is 6.36. The molecule has 0 amide bonds. The molecule has 0 unspecified atom stereocenters. The monoisotopic (exact) mass is 160 g/mol. The highest BCUT2D eigenvalue weighted by atomic mass is 16.3. The Morgan fingerprint density at radius 3 is 1.67 bits per heavy atom. The van der Waals surface area contributed by atoms with Gasteiger partial charge in [0, 0.05) is 0 Å². The molecule has 0 aliphatic carbocycles. The van der Waals surface area contributed by atoms with Crippen molar-refractivity contribution in [1.29, 1.82) is 0 Å². The van der Waals surface area contributed by atoms with Crippen molar-refractivity contribution in [1.82, 2.24) is 0 Å². The van der Waals surface area contributed by atoms with Gasteiger partial charge in [0.25, 0.3) is 0 Å². The van der Waals surface area contributed by atoms with Crippen LogP contribution in [0.15, 0.2) is 36.4 Å². The van der Waals surface area contributed by atoms with Crippen LogP contribution in [0.1, 0.15) is 0 Å². The molecule has 0 heterocycles. The van der Waals surface area contributed by atoms with Gasteiger partial charge in [-0.25, -0.2) is 0 Å². The van der Waals surface area contributed by atoms with Crippen LogP contribution in [0, 0.1) is 0 Å². The first-order valence-corrected chi connectivity index (χ1v) is 3.69. The number of fused-ring (bicyclic) bond motifs is 1. The quantitative estimate of drug-likeness (QED) is 0.620. The first kappa shape index (κ1) is 6.98. The van der Waals surface area contributed by atoms with E-state index in [9.17, 15) is 10.2 Å². The van der Waals surface area contributed by atoms with E-state index in [2.05, 4.69) is 0 Å². The van der Waals surface area contributed by atoms with E-state index < -0.39 is 0 Å². The van der Waals surface area contributed by atoms with Crippen LogP contribution in [0.2, 0.25) is 0 Å². The van der Waals surface area contributed by atoms with E-state index in [-0.39, 0.29) is 11.5 Å². The second-order valence-electron chi connectivity index (χ2n) is 2.65. The minimum Gasteiger partial charge on any atom is -0.507 e. The number of aromatic hydroxyl groups is 2. The average Bonchev–Trinajstić information content (AvgIpc) is 2.04. The summed E-state index contributed by atoms with van der Waals surface area (Å²) in [4.78, 5) is 0. The number of hydrogen-bond donors (Lipinski definition) is 2. The summed E-state index contributed by atoms with van der Waals surface area (Å²) in [6, 6.07) is 10.3. The van der Waals surface area contributed by atoms with Crippen LogP contribution < -0.4 is 0 Å². The van der Waals surface area contributed by atoms with Crippen LogP contribution >= 0.6 is 0 Å². The second-order valence-corrected chi connectivity index (χ2v) is 2.65. The van der Waals surface area contributed by atoms with Gasteiger partial charge in [-0.1, -0.05) is 24.3 Å². The molecule has 60 valence electrons. The molecular formula is C10H8O2. The van der Waals surface area contributed by atoms with Gasteiger partial charge in [0.1, 0.15) is 11.5 Å². The fourth-order valence-electron chi connectivity index (χ4n) is 1.30. The van der Waals surface area contributed by atoms with Crippen LogP contribution in [0.25, 0.3) is 10.8 Å². The normalized spacial score (nSPS) is 10.3. The molecule has 0 radical (unpaired) electrons. The molecule has 2 aromatic carbocycles. The van der Waals surface area contributed by atoms with Crippen LogP contribution in [0.3, 0.4) is 0 Å². The summed E-state index contributed by atoms with van der Waals surface area (Å²) in [6.45, 7) is 0. The first-order valence-electron chi connectivity index (χ1n) is 3.69. The maximum absolute atomic E-state index is 9.39. The molecule has 0 saturated carbocycles. The van der Waals surface area contributed by atoms with Gasteiger partial charge < -0.3 is 10.2 Å². The molecule has 0 aromatic heterocycles.